The number of hydrogen-bond donors (Lipinski definition) is 1. The first-order chi connectivity index (χ1) is 11.5. The molecular formula is C18H19N3O3. The van der Waals surface area contributed by atoms with Crippen LogP contribution in [-0.4, -0.2) is 24.8 Å². The Hall–Kier alpha value is -3.20. The van der Waals surface area contributed by atoms with E-state index in [1.807, 2.05) is 32.0 Å². The predicted octanol–water partition coefficient (Wildman–Crippen LogP) is 2.80. The molecule has 6 nitrogen and oxygen atoms in total. The molecule has 1 aromatic carbocycles. The summed E-state index contributed by atoms with van der Waals surface area (Å²) in [4.78, 5) is 12.3. The third kappa shape index (κ3) is 3.58. The second-order valence-electron chi connectivity index (χ2n) is 5.18. The Bertz CT molecular complexity index is 809. The van der Waals surface area contributed by atoms with E-state index in [1.165, 1.54) is 13.2 Å². The van der Waals surface area contributed by atoms with Gasteiger partial charge in [-0.15, -0.1) is 0 Å². The lowest BCUT2D eigenvalue weighted by molar-refractivity contribution is -0.113. The van der Waals surface area contributed by atoms with Crippen LogP contribution in [0.25, 0.3) is 6.08 Å². The summed E-state index contributed by atoms with van der Waals surface area (Å²) in [5.41, 5.74) is 5.13. The Kier molecular flexibility index (Phi) is 5.27. The Morgan fingerprint density at radius 2 is 1.75 bits per heavy atom. The largest absolute Gasteiger partial charge is 0.493 e. The maximum atomic E-state index is 12.3. The van der Waals surface area contributed by atoms with Gasteiger partial charge in [0.1, 0.15) is 11.6 Å². The minimum Gasteiger partial charge on any atom is -0.493 e. The molecule has 124 valence electrons. The van der Waals surface area contributed by atoms with Crippen molar-refractivity contribution in [1.82, 2.24) is 4.68 Å². The van der Waals surface area contributed by atoms with Crippen LogP contribution in [0.4, 0.5) is 0 Å². The molecule has 1 N–H and O–H groups in total. The first kappa shape index (κ1) is 17.2. The average Bonchev–Trinajstić information content (AvgIpc) is 2.91. The van der Waals surface area contributed by atoms with Gasteiger partial charge in [-0.05, 0) is 49.8 Å². The molecule has 0 saturated carbocycles. The fourth-order valence-electron chi connectivity index (χ4n) is 2.26. The summed E-state index contributed by atoms with van der Waals surface area (Å²) >= 11 is 0. The van der Waals surface area contributed by atoms with Crippen molar-refractivity contribution in [3.05, 3.63) is 52.9 Å². The van der Waals surface area contributed by atoms with Gasteiger partial charge >= 0.3 is 0 Å². The number of nitriles is 1. The van der Waals surface area contributed by atoms with Crippen molar-refractivity contribution >= 4 is 12.0 Å². The molecule has 0 aliphatic rings. The lowest BCUT2D eigenvalue weighted by Crippen LogP contribution is -2.25. The molecule has 0 spiro atoms. The van der Waals surface area contributed by atoms with E-state index in [1.54, 1.807) is 30.0 Å². The first-order valence-corrected chi connectivity index (χ1v) is 7.30. The molecule has 6 heteroatoms. The van der Waals surface area contributed by atoms with Crippen molar-refractivity contribution in [3.63, 3.8) is 0 Å². The van der Waals surface area contributed by atoms with Crippen LogP contribution in [0.15, 0.2) is 35.9 Å². The van der Waals surface area contributed by atoms with Crippen LogP contribution in [-0.2, 0) is 4.79 Å². The molecule has 0 atom stereocenters. The molecule has 24 heavy (non-hydrogen) atoms. The van der Waals surface area contributed by atoms with E-state index in [0.717, 1.165) is 11.4 Å². The molecule has 1 heterocycles. The van der Waals surface area contributed by atoms with Gasteiger partial charge in [0.15, 0.2) is 11.5 Å². The second-order valence-corrected chi connectivity index (χ2v) is 5.18. The minimum atomic E-state index is -0.477. The highest BCUT2D eigenvalue weighted by atomic mass is 16.5. The second kappa shape index (κ2) is 7.38. The number of carbonyl (C=O) groups excluding carboxylic acids is 1. The van der Waals surface area contributed by atoms with E-state index in [0.29, 0.717) is 17.1 Å². The van der Waals surface area contributed by atoms with Crippen LogP contribution in [0, 0.1) is 25.2 Å². The van der Waals surface area contributed by atoms with Crippen molar-refractivity contribution in [2.24, 2.45) is 0 Å². The fourth-order valence-corrected chi connectivity index (χ4v) is 2.26. The fraction of sp³-hybridized carbons (Fsp3) is 0.222. The first-order valence-electron chi connectivity index (χ1n) is 7.30. The molecule has 0 bridgehead atoms. The summed E-state index contributed by atoms with van der Waals surface area (Å²) in [6, 6.07) is 10.9. The number of carbonyl (C=O) groups is 1. The van der Waals surface area contributed by atoms with Gasteiger partial charge in [0, 0.05) is 11.4 Å². The molecule has 0 fully saturated rings. The molecule has 2 rings (SSSR count). The monoisotopic (exact) mass is 325 g/mol. The smallest absolute Gasteiger partial charge is 0.280 e. The van der Waals surface area contributed by atoms with Crippen LogP contribution in [0.3, 0.4) is 0 Å². The Labute approximate surface area is 140 Å². The number of nitrogens with one attached hydrogen (secondary N) is 1. The predicted molar refractivity (Wildman–Crippen MR) is 91.4 cm³/mol. The van der Waals surface area contributed by atoms with Crippen LogP contribution in [0.5, 0.6) is 11.5 Å². The zero-order valence-electron chi connectivity index (χ0n) is 14.1. The van der Waals surface area contributed by atoms with Gasteiger partial charge in [-0.25, -0.2) is 0 Å². The third-order valence-electron chi connectivity index (χ3n) is 3.57. The van der Waals surface area contributed by atoms with E-state index < -0.39 is 5.91 Å². The lowest BCUT2D eigenvalue weighted by atomic mass is 10.1. The lowest BCUT2D eigenvalue weighted by Gasteiger charge is -2.11. The van der Waals surface area contributed by atoms with E-state index in [4.69, 9.17) is 9.47 Å². The standard InChI is InChI=1S/C18H19N3O3/c1-12-5-6-13(2)21(12)20-18(22)15(11-19)9-14-7-8-16(23-3)17(10-14)24-4/h5-10H,1-4H3,(H,20,22)/b15-9-. The number of ether oxygens (including phenoxy) is 2. The number of amides is 1. The summed E-state index contributed by atoms with van der Waals surface area (Å²) in [5, 5.41) is 9.31. The van der Waals surface area contributed by atoms with E-state index in [9.17, 15) is 10.1 Å². The molecule has 0 aliphatic heterocycles. The summed E-state index contributed by atoms with van der Waals surface area (Å²) in [5.74, 6) is 0.631. The molecular weight excluding hydrogens is 306 g/mol. The van der Waals surface area contributed by atoms with Crippen molar-refractivity contribution in [2.45, 2.75) is 13.8 Å². The van der Waals surface area contributed by atoms with Gasteiger partial charge in [-0.3, -0.25) is 14.9 Å². The molecule has 0 unspecified atom stereocenters. The third-order valence-corrected chi connectivity index (χ3v) is 3.57. The molecule has 0 radical (unpaired) electrons. The number of aromatic nitrogens is 1. The van der Waals surface area contributed by atoms with Gasteiger partial charge < -0.3 is 9.47 Å². The van der Waals surface area contributed by atoms with Crippen LogP contribution in [0.1, 0.15) is 17.0 Å². The van der Waals surface area contributed by atoms with E-state index in [2.05, 4.69) is 5.43 Å². The molecule has 2 aromatic rings. The summed E-state index contributed by atoms with van der Waals surface area (Å²) in [7, 11) is 3.07. The number of rotatable bonds is 5. The van der Waals surface area contributed by atoms with Crippen LogP contribution < -0.4 is 14.9 Å². The highest BCUT2D eigenvalue weighted by Crippen LogP contribution is 2.28. The molecule has 1 amide bonds. The average molecular weight is 325 g/mol. The van der Waals surface area contributed by atoms with Gasteiger partial charge in [0.05, 0.1) is 14.2 Å². The summed E-state index contributed by atoms with van der Waals surface area (Å²) < 4.78 is 12.0. The van der Waals surface area contributed by atoms with E-state index >= 15 is 0 Å². The molecule has 0 aliphatic carbocycles. The zero-order chi connectivity index (χ0) is 17.7. The van der Waals surface area contributed by atoms with Crippen LogP contribution in [0.2, 0.25) is 0 Å². The van der Waals surface area contributed by atoms with Crippen molar-refractivity contribution < 1.29 is 14.3 Å². The Morgan fingerprint density at radius 3 is 2.29 bits per heavy atom. The maximum Gasteiger partial charge on any atom is 0.280 e. The van der Waals surface area contributed by atoms with Crippen molar-refractivity contribution in [2.75, 3.05) is 19.6 Å². The van der Waals surface area contributed by atoms with Crippen molar-refractivity contribution in [1.29, 1.82) is 5.26 Å². The molecule has 0 saturated heterocycles. The SMILES string of the molecule is COc1ccc(/C=C(/C#N)C(=O)Nn2c(C)ccc2C)cc1OC. The summed E-state index contributed by atoms with van der Waals surface area (Å²) in [6.07, 6.45) is 1.51. The van der Waals surface area contributed by atoms with Gasteiger partial charge in [0.25, 0.3) is 5.91 Å². The zero-order valence-corrected chi connectivity index (χ0v) is 14.1. The van der Waals surface area contributed by atoms with E-state index in [-0.39, 0.29) is 5.57 Å². The number of nitrogens with zero attached hydrogens (tertiary/aromatic N) is 2. The maximum absolute atomic E-state index is 12.3. The normalized spacial score (nSPS) is 10.9. The van der Waals surface area contributed by atoms with Gasteiger partial charge in [-0.1, -0.05) is 6.07 Å². The number of aryl methyl sites for hydroxylation is 2. The Morgan fingerprint density at radius 1 is 1.12 bits per heavy atom. The minimum absolute atomic E-state index is 0.00489. The highest BCUT2D eigenvalue weighted by Gasteiger charge is 2.12. The molecule has 1 aromatic heterocycles. The Balaban J connectivity index is 2.29. The summed E-state index contributed by atoms with van der Waals surface area (Å²) in [6.45, 7) is 3.74. The van der Waals surface area contributed by atoms with Gasteiger partial charge in [-0.2, -0.15) is 5.26 Å². The quantitative estimate of drug-likeness (QED) is 0.677. The van der Waals surface area contributed by atoms with Crippen LogP contribution >= 0.6 is 0 Å². The van der Waals surface area contributed by atoms with Crippen molar-refractivity contribution in [3.8, 4) is 17.6 Å². The van der Waals surface area contributed by atoms with Gasteiger partial charge in [0.2, 0.25) is 0 Å². The number of benzene rings is 1. The highest BCUT2D eigenvalue weighted by molar-refractivity contribution is 6.06. The topological polar surface area (TPSA) is 76.3 Å². The number of methoxy groups -OCH3 is 2. The number of hydrogen-bond acceptors (Lipinski definition) is 4.